The maximum Gasteiger partial charge on any atom is 0.250 e. The monoisotopic (exact) mass is 308 g/mol. The van der Waals surface area contributed by atoms with E-state index in [0.29, 0.717) is 11.8 Å². The topological polar surface area (TPSA) is 79.7 Å². The molecule has 2 unspecified atom stereocenters. The van der Waals surface area contributed by atoms with Gasteiger partial charge in [0.15, 0.2) is 5.65 Å². The quantitative estimate of drug-likeness (QED) is 0.729. The molecule has 0 amide bonds. The van der Waals surface area contributed by atoms with Crippen LogP contribution in [0.15, 0.2) is 35.5 Å². The molecule has 5 rings (SSSR count). The van der Waals surface area contributed by atoms with Crippen LogP contribution < -0.4 is 10.5 Å². The zero-order chi connectivity index (χ0) is 15.4. The first-order valence-corrected chi connectivity index (χ1v) is 7.88. The fourth-order valence-corrected chi connectivity index (χ4v) is 4.07. The molecule has 5 heterocycles. The normalized spacial score (nSPS) is 23.0. The summed E-state index contributed by atoms with van der Waals surface area (Å²) in [6, 6.07) is 5.60. The molecule has 0 saturated carbocycles. The van der Waals surface area contributed by atoms with Crippen molar-refractivity contribution >= 4 is 16.9 Å². The molecule has 0 aromatic carbocycles. The summed E-state index contributed by atoms with van der Waals surface area (Å²) in [6.07, 6.45) is 4.51. The number of rotatable bonds is 1. The Bertz CT molecular complexity index is 945. The Labute approximate surface area is 132 Å². The second kappa shape index (κ2) is 4.65. The molecule has 116 valence electrons. The summed E-state index contributed by atoms with van der Waals surface area (Å²) in [5.74, 6) is 1.77. The number of hydrogen-bond acceptors (Lipinski definition) is 5. The highest BCUT2D eigenvalue weighted by molar-refractivity contribution is 5.86. The van der Waals surface area contributed by atoms with Crippen LogP contribution in [0.25, 0.3) is 11.0 Å². The lowest BCUT2D eigenvalue weighted by Crippen LogP contribution is -2.47. The van der Waals surface area contributed by atoms with Crippen molar-refractivity contribution in [1.82, 2.24) is 24.7 Å². The van der Waals surface area contributed by atoms with Crippen molar-refractivity contribution in [2.45, 2.75) is 18.9 Å². The Morgan fingerprint density at radius 1 is 1.17 bits per heavy atom. The van der Waals surface area contributed by atoms with Gasteiger partial charge in [0.1, 0.15) is 12.1 Å². The van der Waals surface area contributed by atoms with E-state index >= 15 is 0 Å². The van der Waals surface area contributed by atoms with Gasteiger partial charge in [0.2, 0.25) is 0 Å². The molecule has 0 radical (unpaired) electrons. The number of fused-ring (bicyclic) bond motifs is 5. The van der Waals surface area contributed by atoms with Crippen LogP contribution >= 0.6 is 0 Å². The van der Waals surface area contributed by atoms with Gasteiger partial charge in [-0.05, 0) is 18.4 Å². The van der Waals surface area contributed by atoms with Crippen molar-refractivity contribution in [2.24, 2.45) is 5.92 Å². The van der Waals surface area contributed by atoms with E-state index in [1.807, 2.05) is 10.6 Å². The lowest BCUT2D eigenvalue weighted by Gasteiger charge is -2.43. The molecule has 3 aromatic rings. The van der Waals surface area contributed by atoms with E-state index in [2.05, 4.69) is 31.1 Å². The van der Waals surface area contributed by atoms with E-state index in [1.165, 1.54) is 0 Å². The molecule has 23 heavy (non-hydrogen) atoms. The van der Waals surface area contributed by atoms with Crippen molar-refractivity contribution in [2.75, 3.05) is 18.0 Å². The third-order valence-electron chi connectivity index (χ3n) is 5.01. The maximum absolute atomic E-state index is 12.1. The Kier molecular flexibility index (Phi) is 2.59. The Morgan fingerprint density at radius 2 is 2.13 bits per heavy atom. The van der Waals surface area contributed by atoms with E-state index in [1.54, 1.807) is 18.6 Å². The number of hydrogen-bond donors (Lipinski definition) is 1. The number of nitrogens with one attached hydrogen (secondary N) is 1. The Morgan fingerprint density at radius 3 is 3.09 bits per heavy atom. The van der Waals surface area contributed by atoms with Gasteiger partial charge in [-0.25, -0.2) is 9.97 Å². The van der Waals surface area contributed by atoms with Crippen LogP contribution in [0.4, 0.5) is 5.82 Å². The van der Waals surface area contributed by atoms with Crippen LogP contribution in [0.3, 0.4) is 0 Å². The highest BCUT2D eigenvalue weighted by atomic mass is 16.1. The standard InChI is InChI=1S/C16H16N6O/c23-14-3-1-2-13-11-4-10(7-22(13)14)6-21(8-11)16-12-5-19-20-15(12)17-9-18-16/h1-3,5,9-11H,4,6-8H2,(H,17,18,19,20). The average Bonchev–Trinajstić information content (AvgIpc) is 3.04. The summed E-state index contributed by atoms with van der Waals surface area (Å²) in [7, 11) is 0. The summed E-state index contributed by atoms with van der Waals surface area (Å²) in [5.41, 5.74) is 2.03. The van der Waals surface area contributed by atoms with Crippen molar-refractivity contribution in [3.05, 3.63) is 46.8 Å². The SMILES string of the molecule is O=c1cccc2n1CC1CC2CN(c2ncnc3[nH]ncc23)C1. The van der Waals surface area contributed by atoms with Crippen LogP contribution in [0.2, 0.25) is 0 Å². The van der Waals surface area contributed by atoms with Gasteiger partial charge in [-0.1, -0.05) is 6.07 Å². The van der Waals surface area contributed by atoms with Crippen LogP contribution in [-0.2, 0) is 6.54 Å². The van der Waals surface area contributed by atoms with Gasteiger partial charge in [-0.3, -0.25) is 9.89 Å². The van der Waals surface area contributed by atoms with Gasteiger partial charge in [0.25, 0.3) is 5.56 Å². The smallest absolute Gasteiger partial charge is 0.250 e. The predicted molar refractivity (Wildman–Crippen MR) is 85.4 cm³/mol. The van der Waals surface area contributed by atoms with Gasteiger partial charge in [-0.15, -0.1) is 0 Å². The fourth-order valence-electron chi connectivity index (χ4n) is 4.07. The Balaban J connectivity index is 1.57. The van der Waals surface area contributed by atoms with E-state index in [4.69, 9.17) is 0 Å². The van der Waals surface area contributed by atoms with Gasteiger partial charge in [-0.2, -0.15) is 5.10 Å². The minimum atomic E-state index is 0.116. The highest BCUT2D eigenvalue weighted by Gasteiger charge is 2.35. The second-order valence-corrected chi connectivity index (χ2v) is 6.43. The third kappa shape index (κ3) is 1.89. The molecular formula is C16H16N6O. The first-order chi connectivity index (χ1) is 11.3. The second-order valence-electron chi connectivity index (χ2n) is 6.43. The number of aromatic nitrogens is 5. The number of pyridine rings is 1. The van der Waals surface area contributed by atoms with E-state index in [9.17, 15) is 4.79 Å². The largest absolute Gasteiger partial charge is 0.355 e. The van der Waals surface area contributed by atoms with Gasteiger partial charge in [0, 0.05) is 37.3 Å². The first kappa shape index (κ1) is 12.8. The van der Waals surface area contributed by atoms with Crippen molar-refractivity contribution in [3.8, 4) is 0 Å². The van der Waals surface area contributed by atoms with E-state index in [0.717, 1.165) is 48.6 Å². The lowest BCUT2D eigenvalue weighted by molar-refractivity contribution is 0.281. The third-order valence-corrected chi connectivity index (χ3v) is 5.01. The number of aromatic amines is 1. The molecule has 0 spiro atoms. The summed E-state index contributed by atoms with van der Waals surface area (Å²) < 4.78 is 1.95. The first-order valence-electron chi connectivity index (χ1n) is 7.88. The fraction of sp³-hybridized carbons (Fsp3) is 0.375. The molecule has 2 aliphatic rings. The summed E-state index contributed by atoms with van der Waals surface area (Å²) in [6.45, 7) is 2.58. The minimum absolute atomic E-state index is 0.116. The maximum atomic E-state index is 12.1. The minimum Gasteiger partial charge on any atom is -0.355 e. The molecule has 0 aliphatic carbocycles. The highest BCUT2D eigenvalue weighted by Crippen LogP contribution is 2.37. The van der Waals surface area contributed by atoms with Gasteiger partial charge in [0.05, 0.1) is 11.6 Å². The van der Waals surface area contributed by atoms with Crippen LogP contribution in [-0.4, -0.2) is 37.8 Å². The molecule has 2 aliphatic heterocycles. The molecule has 1 saturated heterocycles. The number of piperidine rings is 1. The average molecular weight is 308 g/mol. The zero-order valence-corrected chi connectivity index (χ0v) is 12.5. The van der Waals surface area contributed by atoms with Crippen LogP contribution in [0.5, 0.6) is 0 Å². The van der Waals surface area contributed by atoms with E-state index < -0.39 is 0 Å². The number of nitrogens with zero attached hydrogens (tertiary/aromatic N) is 5. The van der Waals surface area contributed by atoms with Gasteiger partial charge < -0.3 is 9.47 Å². The lowest BCUT2D eigenvalue weighted by atomic mass is 9.83. The molecule has 2 atom stereocenters. The summed E-state index contributed by atoms with van der Waals surface area (Å²) >= 11 is 0. The summed E-state index contributed by atoms with van der Waals surface area (Å²) in [4.78, 5) is 23.1. The Hall–Kier alpha value is -2.70. The van der Waals surface area contributed by atoms with Crippen molar-refractivity contribution < 1.29 is 0 Å². The molecule has 1 fully saturated rings. The van der Waals surface area contributed by atoms with Crippen LogP contribution in [0, 0.1) is 5.92 Å². The molecule has 1 N–H and O–H groups in total. The van der Waals surface area contributed by atoms with Crippen molar-refractivity contribution in [1.29, 1.82) is 0 Å². The summed E-state index contributed by atoms with van der Waals surface area (Å²) in [5, 5.41) is 7.93. The zero-order valence-electron chi connectivity index (χ0n) is 12.5. The van der Waals surface area contributed by atoms with Gasteiger partial charge >= 0.3 is 0 Å². The predicted octanol–water partition coefficient (Wildman–Crippen LogP) is 1.14. The van der Waals surface area contributed by atoms with E-state index in [-0.39, 0.29) is 5.56 Å². The molecule has 7 nitrogen and oxygen atoms in total. The molecule has 3 aromatic heterocycles. The molecule has 7 heteroatoms. The van der Waals surface area contributed by atoms with Crippen molar-refractivity contribution in [3.63, 3.8) is 0 Å². The van der Waals surface area contributed by atoms with Crippen LogP contribution in [0.1, 0.15) is 18.0 Å². The number of H-pyrrole nitrogens is 1. The number of anilines is 1. The molecule has 2 bridgehead atoms. The molecular weight excluding hydrogens is 292 g/mol.